The molecule has 0 saturated carbocycles. The maximum absolute atomic E-state index is 13.7. The summed E-state index contributed by atoms with van der Waals surface area (Å²) in [5.41, 5.74) is 0.811. The molecule has 0 aliphatic carbocycles. The van der Waals surface area contributed by atoms with Crippen molar-refractivity contribution in [2.24, 2.45) is 7.05 Å². The maximum Gasteiger partial charge on any atom is 0.253 e. The minimum Gasteiger partial charge on any atom is -0.338 e. The minimum atomic E-state index is -0.641. The standard InChI is InChI=1S/C18H14Cl2FN3O/c1-24-8-7-22-17(24)16(11-3-2-4-13(21)9-11)23-18(25)14-10-12(19)5-6-15(14)20/h2-10,16H,1H3,(H,23,25). The molecule has 0 bridgehead atoms. The van der Waals surface area contributed by atoms with Crippen LogP contribution in [0.4, 0.5) is 4.39 Å². The molecule has 3 aromatic rings. The quantitative estimate of drug-likeness (QED) is 0.732. The second kappa shape index (κ2) is 7.25. The van der Waals surface area contributed by atoms with Crippen LogP contribution in [0.2, 0.25) is 10.0 Å². The summed E-state index contributed by atoms with van der Waals surface area (Å²) in [6.45, 7) is 0. The van der Waals surface area contributed by atoms with Crippen LogP contribution in [0.1, 0.15) is 27.8 Å². The van der Waals surface area contributed by atoms with Gasteiger partial charge >= 0.3 is 0 Å². The lowest BCUT2D eigenvalue weighted by Gasteiger charge is -2.19. The van der Waals surface area contributed by atoms with Gasteiger partial charge in [-0.15, -0.1) is 0 Å². The average molecular weight is 378 g/mol. The SMILES string of the molecule is Cn1ccnc1C(NC(=O)c1cc(Cl)ccc1Cl)c1cccc(F)c1. The molecule has 2 aromatic carbocycles. The largest absolute Gasteiger partial charge is 0.338 e. The van der Waals surface area contributed by atoms with Gasteiger partial charge in [0, 0.05) is 24.5 Å². The number of hydrogen-bond donors (Lipinski definition) is 1. The Balaban J connectivity index is 2.00. The Labute approximate surface area is 154 Å². The van der Waals surface area contributed by atoms with Crippen LogP contribution in [-0.4, -0.2) is 15.5 Å². The number of nitrogens with one attached hydrogen (secondary N) is 1. The normalized spacial score (nSPS) is 12.0. The second-order valence-corrected chi connectivity index (χ2v) is 6.33. The lowest BCUT2D eigenvalue weighted by atomic mass is 10.0. The first-order chi connectivity index (χ1) is 12.0. The number of aromatic nitrogens is 2. The fourth-order valence-corrected chi connectivity index (χ4v) is 2.89. The van der Waals surface area contributed by atoms with E-state index < -0.39 is 17.8 Å². The zero-order valence-electron chi connectivity index (χ0n) is 13.2. The van der Waals surface area contributed by atoms with Crippen LogP contribution >= 0.6 is 23.2 Å². The number of halogens is 3. The van der Waals surface area contributed by atoms with E-state index in [9.17, 15) is 9.18 Å². The van der Waals surface area contributed by atoms with Crippen LogP contribution in [0.5, 0.6) is 0 Å². The Morgan fingerprint density at radius 1 is 1.24 bits per heavy atom. The molecule has 0 saturated heterocycles. The van der Waals surface area contributed by atoms with Gasteiger partial charge in [-0.2, -0.15) is 0 Å². The van der Waals surface area contributed by atoms with Gasteiger partial charge in [0.25, 0.3) is 5.91 Å². The smallest absolute Gasteiger partial charge is 0.253 e. The summed E-state index contributed by atoms with van der Waals surface area (Å²) in [4.78, 5) is 17.0. The van der Waals surface area contributed by atoms with Crippen molar-refractivity contribution >= 4 is 29.1 Å². The number of nitrogens with zero attached hydrogens (tertiary/aromatic N) is 2. The number of benzene rings is 2. The summed E-state index contributed by atoms with van der Waals surface area (Å²) in [6.07, 6.45) is 3.36. The van der Waals surface area contributed by atoms with Crippen LogP contribution in [0.3, 0.4) is 0 Å². The molecule has 3 rings (SSSR count). The molecule has 0 fully saturated rings. The van der Waals surface area contributed by atoms with E-state index in [1.54, 1.807) is 48.3 Å². The Kier molecular flexibility index (Phi) is 5.06. The molecule has 0 radical (unpaired) electrons. The molecule has 4 nitrogen and oxygen atoms in total. The highest BCUT2D eigenvalue weighted by Gasteiger charge is 2.23. The third-order valence-corrected chi connectivity index (χ3v) is 4.31. The van der Waals surface area contributed by atoms with Crippen LogP contribution in [0.15, 0.2) is 54.9 Å². The molecule has 0 aliphatic heterocycles. The average Bonchev–Trinajstić information content (AvgIpc) is 3.00. The summed E-state index contributed by atoms with van der Waals surface area (Å²) in [5, 5.41) is 3.53. The number of carbonyl (C=O) groups is 1. The molecule has 1 amide bonds. The molecular formula is C18H14Cl2FN3O. The molecule has 7 heteroatoms. The third kappa shape index (κ3) is 3.83. The van der Waals surface area contributed by atoms with Gasteiger partial charge in [0.1, 0.15) is 17.7 Å². The summed E-state index contributed by atoms with van der Waals surface area (Å²) in [7, 11) is 1.80. The van der Waals surface area contributed by atoms with E-state index in [0.29, 0.717) is 16.4 Å². The first-order valence-electron chi connectivity index (χ1n) is 7.44. The topological polar surface area (TPSA) is 46.9 Å². The lowest BCUT2D eigenvalue weighted by Crippen LogP contribution is -2.31. The van der Waals surface area contributed by atoms with Crippen LogP contribution in [-0.2, 0) is 7.05 Å². The number of rotatable bonds is 4. The van der Waals surface area contributed by atoms with Gasteiger partial charge < -0.3 is 9.88 Å². The molecule has 1 atom stereocenters. The molecule has 1 heterocycles. The zero-order valence-corrected chi connectivity index (χ0v) is 14.7. The Morgan fingerprint density at radius 3 is 2.72 bits per heavy atom. The van der Waals surface area contributed by atoms with Gasteiger partial charge in [-0.05, 0) is 35.9 Å². The van der Waals surface area contributed by atoms with Crippen LogP contribution in [0.25, 0.3) is 0 Å². The molecule has 1 N–H and O–H groups in total. The minimum absolute atomic E-state index is 0.241. The van der Waals surface area contributed by atoms with E-state index in [1.165, 1.54) is 18.2 Å². The lowest BCUT2D eigenvalue weighted by molar-refractivity contribution is 0.0941. The molecular weight excluding hydrogens is 364 g/mol. The molecule has 0 spiro atoms. The van der Waals surface area contributed by atoms with Crippen molar-refractivity contribution in [1.82, 2.24) is 14.9 Å². The molecule has 0 aliphatic rings. The highest BCUT2D eigenvalue weighted by Crippen LogP contribution is 2.25. The van der Waals surface area contributed by atoms with Gasteiger partial charge in [0.15, 0.2) is 0 Å². The number of aryl methyl sites for hydroxylation is 1. The fraction of sp³-hybridized carbons (Fsp3) is 0.111. The van der Waals surface area contributed by atoms with E-state index >= 15 is 0 Å². The zero-order chi connectivity index (χ0) is 18.0. The summed E-state index contributed by atoms with van der Waals surface area (Å²) < 4.78 is 15.4. The van der Waals surface area contributed by atoms with E-state index in [2.05, 4.69) is 10.3 Å². The molecule has 25 heavy (non-hydrogen) atoms. The molecule has 128 valence electrons. The Morgan fingerprint density at radius 2 is 2.04 bits per heavy atom. The Bertz CT molecular complexity index is 926. The van der Waals surface area contributed by atoms with Crippen molar-refractivity contribution < 1.29 is 9.18 Å². The fourth-order valence-electron chi connectivity index (χ4n) is 2.52. The summed E-state index contributed by atoms with van der Waals surface area (Å²) in [5.74, 6) is -0.256. The van der Waals surface area contributed by atoms with E-state index in [1.807, 2.05) is 0 Å². The van der Waals surface area contributed by atoms with E-state index in [0.717, 1.165) is 0 Å². The van der Waals surface area contributed by atoms with Gasteiger partial charge in [0.05, 0.1) is 10.6 Å². The first kappa shape index (κ1) is 17.5. The van der Waals surface area contributed by atoms with Crippen molar-refractivity contribution in [1.29, 1.82) is 0 Å². The predicted molar refractivity (Wildman–Crippen MR) is 95.4 cm³/mol. The number of imidazole rings is 1. The van der Waals surface area contributed by atoms with Crippen molar-refractivity contribution in [3.05, 3.63) is 87.7 Å². The highest BCUT2D eigenvalue weighted by atomic mass is 35.5. The van der Waals surface area contributed by atoms with Crippen LogP contribution in [0, 0.1) is 5.82 Å². The first-order valence-corrected chi connectivity index (χ1v) is 8.20. The number of amides is 1. The van der Waals surface area contributed by atoms with Gasteiger partial charge in [-0.3, -0.25) is 4.79 Å². The van der Waals surface area contributed by atoms with E-state index in [4.69, 9.17) is 23.2 Å². The summed E-state index contributed by atoms with van der Waals surface area (Å²) >= 11 is 12.1. The summed E-state index contributed by atoms with van der Waals surface area (Å²) in [6, 6.07) is 10.0. The van der Waals surface area contributed by atoms with Gasteiger partial charge in [-0.1, -0.05) is 35.3 Å². The second-order valence-electron chi connectivity index (χ2n) is 5.48. The van der Waals surface area contributed by atoms with Gasteiger partial charge in [0.2, 0.25) is 0 Å². The maximum atomic E-state index is 13.7. The number of carbonyl (C=O) groups excluding carboxylic acids is 1. The molecule has 1 unspecified atom stereocenters. The van der Waals surface area contributed by atoms with Crippen molar-refractivity contribution in [3.8, 4) is 0 Å². The van der Waals surface area contributed by atoms with Gasteiger partial charge in [-0.25, -0.2) is 9.37 Å². The predicted octanol–water partition coefficient (Wildman–Crippen LogP) is 4.39. The highest BCUT2D eigenvalue weighted by molar-refractivity contribution is 6.35. The monoisotopic (exact) mass is 377 g/mol. The Hall–Kier alpha value is -2.37. The van der Waals surface area contributed by atoms with Crippen molar-refractivity contribution in [3.63, 3.8) is 0 Å². The molecule has 1 aromatic heterocycles. The van der Waals surface area contributed by atoms with E-state index in [-0.39, 0.29) is 10.6 Å². The van der Waals surface area contributed by atoms with Crippen LogP contribution < -0.4 is 5.32 Å². The van der Waals surface area contributed by atoms with Crippen molar-refractivity contribution in [2.45, 2.75) is 6.04 Å². The number of hydrogen-bond acceptors (Lipinski definition) is 2. The third-order valence-electron chi connectivity index (χ3n) is 3.75. The van der Waals surface area contributed by atoms with Crippen molar-refractivity contribution in [2.75, 3.05) is 0 Å².